The Morgan fingerprint density at radius 1 is 1.15 bits per heavy atom. The molecule has 0 radical (unpaired) electrons. The van der Waals surface area contributed by atoms with Gasteiger partial charge in [-0.3, -0.25) is 19.7 Å². The molecule has 1 aromatic rings. The van der Waals surface area contributed by atoms with Gasteiger partial charge in [0.1, 0.15) is 6.54 Å². The van der Waals surface area contributed by atoms with Gasteiger partial charge in [0, 0.05) is 19.5 Å². The number of nitrogens with zero attached hydrogens (tertiary/aromatic N) is 1. The number of nitrogens with one attached hydrogen (secondary N) is 2. The minimum absolute atomic E-state index is 0.0816. The van der Waals surface area contributed by atoms with Gasteiger partial charge in [0.25, 0.3) is 5.91 Å². The summed E-state index contributed by atoms with van der Waals surface area (Å²) >= 11 is 0. The predicted octanol–water partition coefficient (Wildman–Crippen LogP) is 1.35. The van der Waals surface area contributed by atoms with E-state index >= 15 is 0 Å². The summed E-state index contributed by atoms with van der Waals surface area (Å²) in [5, 5.41) is 4.68. The number of likely N-dealkylation sites (tertiary alicyclic amines) is 1. The molecule has 1 heterocycles. The van der Waals surface area contributed by atoms with Gasteiger partial charge in [-0.25, -0.2) is 4.79 Å². The number of ether oxygens (including phenoxy) is 1. The molecule has 0 unspecified atom stereocenters. The molecule has 1 atom stereocenters. The Balaban J connectivity index is 1.72. The molecule has 1 aromatic carbocycles. The normalized spacial score (nSPS) is 15.4. The second-order valence-electron chi connectivity index (χ2n) is 6.42. The Morgan fingerprint density at radius 3 is 2.63 bits per heavy atom. The molecule has 8 nitrogen and oxygen atoms in total. The van der Waals surface area contributed by atoms with Crippen molar-refractivity contribution in [1.82, 2.24) is 15.5 Å². The lowest BCUT2D eigenvalue weighted by Gasteiger charge is -2.20. The summed E-state index contributed by atoms with van der Waals surface area (Å²) in [6.07, 6.45) is 1.90. The molecule has 0 aliphatic carbocycles. The Labute approximate surface area is 158 Å². The highest BCUT2D eigenvalue weighted by atomic mass is 16.5. The zero-order valence-corrected chi connectivity index (χ0v) is 15.4. The van der Waals surface area contributed by atoms with Crippen molar-refractivity contribution in [3.8, 4) is 0 Å². The summed E-state index contributed by atoms with van der Waals surface area (Å²) in [6.45, 7) is 1.97. The van der Waals surface area contributed by atoms with Crippen LogP contribution < -0.4 is 10.6 Å². The number of amides is 4. The summed E-state index contributed by atoms with van der Waals surface area (Å²) in [7, 11) is 0. The van der Waals surface area contributed by atoms with Crippen molar-refractivity contribution in [2.24, 2.45) is 0 Å². The lowest BCUT2D eigenvalue weighted by atomic mass is 10.2. The topological polar surface area (TPSA) is 105 Å². The molecule has 146 valence electrons. The van der Waals surface area contributed by atoms with Gasteiger partial charge in [0.05, 0.1) is 0 Å². The number of esters is 1. The van der Waals surface area contributed by atoms with Crippen LogP contribution in [0.25, 0.3) is 0 Å². The maximum absolute atomic E-state index is 12.0. The van der Waals surface area contributed by atoms with Crippen LogP contribution in [0.5, 0.6) is 0 Å². The van der Waals surface area contributed by atoms with Crippen LogP contribution in [0, 0.1) is 0 Å². The standard InChI is InChI=1S/C19H25N3O5/c1-14(27-17(24)13-22-11-7-3-6-10-16(22)23)18(25)21-19(26)20-12-15-8-4-2-5-9-15/h2,4-5,8-9,14H,3,6-7,10-13H2,1H3,(H2,20,21,25,26)/t14-/m1/s1. The fourth-order valence-corrected chi connectivity index (χ4v) is 2.69. The number of imide groups is 1. The largest absolute Gasteiger partial charge is 0.451 e. The molecule has 0 bridgehead atoms. The molecule has 1 aliphatic rings. The number of rotatable bonds is 6. The van der Waals surface area contributed by atoms with E-state index in [0.29, 0.717) is 13.0 Å². The summed E-state index contributed by atoms with van der Waals surface area (Å²) in [4.78, 5) is 49.1. The molecule has 0 spiro atoms. The SMILES string of the molecule is C[C@@H](OC(=O)CN1CCCCCC1=O)C(=O)NC(=O)NCc1ccccc1. The quantitative estimate of drug-likeness (QED) is 0.730. The van der Waals surface area contributed by atoms with Crippen LogP contribution in [-0.2, 0) is 25.7 Å². The molecule has 27 heavy (non-hydrogen) atoms. The van der Waals surface area contributed by atoms with Gasteiger partial charge < -0.3 is 15.0 Å². The van der Waals surface area contributed by atoms with Crippen molar-refractivity contribution in [3.63, 3.8) is 0 Å². The second-order valence-corrected chi connectivity index (χ2v) is 6.42. The number of carbonyl (C=O) groups excluding carboxylic acids is 4. The van der Waals surface area contributed by atoms with Gasteiger partial charge in [-0.2, -0.15) is 0 Å². The molecule has 0 aromatic heterocycles. The number of urea groups is 1. The molecule has 0 saturated carbocycles. The van der Waals surface area contributed by atoms with Gasteiger partial charge in [-0.15, -0.1) is 0 Å². The molecule has 1 saturated heterocycles. The highest BCUT2D eigenvalue weighted by molar-refractivity contribution is 5.97. The minimum atomic E-state index is -1.14. The van der Waals surface area contributed by atoms with Crippen LogP contribution in [0.3, 0.4) is 0 Å². The highest BCUT2D eigenvalue weighted by Gasteiger charge is 2.24. The molecule has 2 N–H and O–H groups in total. The van der Waals surface area contributed by atoms with Crippen molar-refractivity contribution < 1.29 is 23.9 Å². The molecule has 4 amide bonds. The summed E-state index contributed by atoms with van der Waals surface area (Å²) < 4.78 is 5.04. The predicted molar refractivity (Wildman–Crippen MR) is 97.4 cm³/mol. The molecule has 1 fully saturated rings. The van der Waals surface area contributed by atoms with Gasteiger partial charge in [0.15, 0.2) is 6.10 Å². The smallest absolute Gasteiger partial charge is 0.326 e. The van der Waals surface area contributed by atoms with Crippen molar-refractivity contribution in [2.75, 3.05) is 13.1 Å². The number of benzene rings is 1. The molecular formula is C19H25N3O5. The maximum Gasteiger partial charge on any atom is 0.326 e. The van der Waals surface area contributed by atoms with Crippen molar-refractivity contribution >= 4 is 23.8 Å². The van der Waals surface area contributed by atoms with E-state index in [1.165, 1.54) is 11.8 Å². The first-order chi connectivity index (χ1) is 13.0. The van der Waals surface area contributed by atoms with Crippen molar-refractivity contribution in [3.05, 3.63) is 35.9 Å². The third-order valence-corrected chi connectivity index (χ3v) is 4.20. The second kappa shape index (κ2) is 10.3. The zero-order valence-electron chi connectivity index (χ0n) is 15.4. The van der Waals surface area contributed by atoms with Gasteiger partial charge >= 0.3 is 12.0 Å². The van der Waals surface area contributed by atoms with Gasteiger partial charge in [-0.1, -0.05) is 36.8 Å². The van der Waals surface area contributed by atoms with E-state index < -0.39 is 24.0 Å². The van der Waals surface area contributed by atoms with Crippen LogP contribution in [0.4, 0.5) is 4.79 Å². The first kappa shape index (κ1) is 20.4. The van der Waals surface area contributed by atoms with E-state index in [2.05, 4.69) is 10.6 Å². The number of hydrogen-bond acceptors (Lipinski definition) is 5. The Hall–Kier alpha value is -2.90. The first-order valence-electron chi connectivity index (χ1n) is 9.05. The number of carbonyl (C=O) groups is 4. The lowest BCUT2D eigenvalue weighted by Crippen LogP contribution is -2.45. The van der Waals surface area contributed by atoms with Crippen molar-refractivity contribution in [1.29, 1.82) is 0 Å². The van der Waals surface area contributed by atoms with E-state index in [-0.39, 0.29) is 19.0 Å². The zero-order chi connectivity index (χ0) is 19.6. The van der Waals surface area contributed by atoms with Gasteiger partial charge in [0.2, 0.25) is 5.91 Å². The summed E-state index contributed by atoms with van der Waals surface area (Å²) in [5.74, 6) is -1.48. The molecular weight excluding hydrogens is 350 g/mol. The van der Waals surface area contributed by atoms with E-state index in [0.717, 1.165) is 24.8 Å². The molecule has 1 aliphatic heterocycles. The maximum atomic E-state index is 12.0. The van der Waals surface area contributed by atoms with E-state index in [9.17, 15) is 19.2 Å². The Morgan fingerprint density at radius 2 is 1.89 bits per heavy atom. The fraction of sp³-hybridized carbons (Fsp3) is 0.474. The van der Waals surface area contributed by atoms with E-state index in [4.69, 9.17) is 4.74 Å². The van der Waals surface area contributed by atoms with Crippen LogP contribution >= 0.6 is 0 Å². The van der Waals surface area contributed by atoms with E-state index in [1.54, 1.807) is 0 Å². The summed E-state index contributed by atoms with van der Waals surface area (Å²) in [6, 6.07) is 8.57. The van der Waals surface area contributed by atoms with E-state index in [1.807, 2.05) is 30.3 Å². The Bertz CT molecular complexity index is 677. The monoisotopic (exact) mass is 375 g/mol. The van der Waals surface area contributed by atoms with Crippen LogP contribution in [0.1, 0.15) is 38.2 Å². The summed E-state index contributed by atoms with van der Waals surface area (Å²) in [5.41, 5.74) is 0.890. The van der Waals surface area contributed by atoms with Gasteiger partial charge in [-0.05, 0) is 25.3 Å². The minimum Gasteiger partial charge on any atom is -0.451 e. The fourth-order valence-electron chi connectivity index (χ4n) is 2.69. The first-order valence-corrected chi connectivity index (χ1v) is 9.05. The van der Waals surface area contributed by atoms with Crippen LogP contribution in [-0.4, -0.2) is 47.9 Å². The van der Waals surface area contributed by atoms with Crippen LogP contribution in [0.2, 0.25) is 0 Å². The average Bonchev–Trinajstić information content (AvgIpc) is 2.85. The lowest BCUT2D eigenvalue weighted by molar-refractivity contribution is -0.157. The third kappa shape index (κ3) is 7.08. The Kier molecular flexibility index (Phi) is 7.79. The number of hydrogen-bond donors (Lipinski definition) is 2. The highest BCUT2D eigenvalue weighted by Crippen LogP contribution is 2.11. The van der Waals surface area contributed by atoms with Crippen LogP contribution in [0.15, 0.2) is 30.3 Å². The molecule has 8 heteroatoms. The van der Waals surface area contributed by atoms with Crippen molar-refractivity contribution in [2.45, 2.75) is 45.3 Å². The average molecular weight is 375 g/mol. The third-order valence-electron chi connectivity index (χ3n) is 4.20. The molecule has 2 rings (SSSR count).